The van der Waals surface area contributed by atoms with Gasteiger partial charge in [0.25, 0.3) is 0 Å². The molecule has 0 aliphatic heterocycles. The van der Waals surface area contributed by atoms with Crippen LogP contribution < -0.4 is 21.9 Å². The van der Waals surface area contributed by atoms with E-state index in [0.29, 0.717) is 28.8 Å². The van der Waals surface area contributed by atoms with Crippen molar-refractivity contribution >= 4 is 39.3 Å². The lowest BCUT2D eigenvalue weighted by Gasteiger charge is -2.44. The van der Waals surface area contributed by atoms with E-state index < -0.39 is 115 Å². The first kappa shape index (κ1) is 39.7. The number of nitrogens with zero attached hydrogens (tertiary/aromatic N) is 1. The molecule has 0 amide bonds. The first-order chi connectivity index (χ1) is 26.4. The Bertz CT molecular complexity index is 2320. The maximum Gasteiger partial charge on any atom is 0.200 e. The zero-order valence-corrected chi connectivity index (χ0v) is 28.2. The maximum absolute atomic E-state index is 16.1. The summed E-state index contributed by atoms with van der Waals surface area (Å²) in [4.78, 5) is 0. The van der Waals surface area contributed by atoms with Crippen molar-refractivity contribution in [2.24, 2.45) is 0 Å². The molecule has 0 radical (unpaired) electrons. The first-order valence-electron chi connectivity index (χ1n) is 15.9. The molecule has 56 heavy (non-hydrogen) atoms. The molecule has 0 spiro atoms. The van der Waals surface area contributed by atoms with E-state index in [0.717, 1.165) is 17.8 Å². The Kier molecular flexibility index (Phi) is 10.3. The van der Waals surface area contributed by atoms with Crippen LogP contribution in [0.1, 0.15) is 11.1 Å². The van der Waals surface area contributed by atoms with Gasteiger partial charge in [-0.05, 0) is 34.4 Å². The van der Waals surface area contributed by atoms with Crippen molar-refractivity contribution in [1.29, 1.82) is 0 Å². The number of hydrogen-bond acceptors (Lipinski definition) is 0. The van der Waals surface area contributed by atoms with Crippen LogP contribution in [0.4, 0.5) is 65.9 Å². The molecule has 0 saturated carbocycles. The third-order valence-corrected chi connectivity index (χ3v) is 9.46. The Morgan fingerprint density at radius 2 is 0.679 bits per heavy atom. The highest BCUT2D eigenvalue weighted by atomic mass is 19.2. The predicted octanol–water partition coefficient (Wildman–Crippen LogP) is 7.79. The van der Waals surface area contributed by atoms with Gasteiger partial charge in [0, 0.05) is 12.2 Å². The lowest BCUT2D eigenvalue weighted by molar-refractivity contribution is -0.462. The van der Waals surface area contributed by atoms with Crippen molar-refractivity contribution < 1.29 is 70.4 Å². The number of hydrogen-bond donors (Lipinski definition) is 0. The molecule has 0 N–H and O–H groups in total. The van der Waals surface area contributed by atoms with Crippen LogP contribution in [0.15, 0.2) is 84.5 Å². The molecule has 0 fully saturated rings. The molecule has 5 aromatic carbocycles. The van der Waals surface area contributed by atoms with Gasteiger partial charge in [-0.15, -0.1) is 16.4 Å². The summed E-state index contributed by atoms with van der Waals surface area (Å²) in [7, 11) is 3.48. The van der Waals surface area contributed by atoms with E-state index in [1.54, 1.807) is 73.3 Å². The van der Waals surface area contributed by atoms with Crippen molar-refractivity contribution in [2.75, 3.05) is 14.1 Å². The van der Waals surface area contributed by atoms with E-state index in [4.69, 9.17) is 0 Å². The fourth-order valence-electron chi connectivity index (χ4n) is 6.91. The van der Waals surface area contributed by atoms with Crippen LogP contribution >= 0.6 is 0 Å². The van der Waals surface area contributed by atoms with Crippen molar-refractivity contribution in [3.63, 3.8) is 0 Å². The van der Waals surface area contributed by atoms with Crippen LogP contribution in [0.3, 0.4) is 0 Å². The van der Waals surface area contributed by atoms with Crippen LogP contribution in [-0.2, 0) is 0 Å². The van der Waals surface area contributed by atoms with Gasteiger partial charge in [-0.2, -0.15) is 5.46 Å². The fourth-order valence-corrected chi connectivity index (χ4v) is 6.91. The van der Waals surface area contributed by atoms with Crippen molar-refractivity contribution in [2.45, 2.75) is 0 Å². The van der Waals surface area contributed by atoms with Gasteiger partial charge in [0.2, 0.25) is 0 Å². The van der Waals surface area contributed by atoms with Gasteiger partial charge in [-0.3, -0.25) is 0 Å². The van der Waals surface area contributed by atoms with Crippen LogP contribution in [0.2, 0.25) is 0 Å². The lowest BCUT2D eigenvalue weighted by atomic mass is 9.12. The fraction of sp³-hybridized carbons (Fsp3) is 0.0513. The molecule has 0 saturated heterocycles. The molecular weight excluding hydrogens is 778 g/mol. The van der Waals surface area contributed by atoms with Gasteiger partial charge in [0.1, 0.15) is 55.1 Å². The zero-order valence-electron chi connectivity index (χ0n) is 28.2. The van der Waals surface area contributed by atoms with Crippen LogP contribution in [0.25, 0.3) is 5.57 Å². The Hall–Kier alpha value is -6.00. The third-order valence-electron chi connectivity index (χ3n) is 9.46. The molecule has 0 heterocycles. The molecule has 17 heteroatoms. The summed E-state index contributed by atoms with van der Waals surface area (Å²) in [5.74, 6) is -45.8. The van der Waals surface area contributed by atoms with E-state index >= 15 is 52.7 Å². The Labute approximate surface area is 306 Å². The van der Waals surface area contributed by atoms with E-state index in [1.807, 2.05) is 0 Å². The summed E-state index contributed by atoms with van der Waals surface area (Å²) in [6.07, 6.45) is 0.701. The van der Waals surface area contributed by atoms with E-state index in [2.05, 4.69) is 0 Å². The van der Waals surface area contributed by atoms with Gasteiger partial charge >= 0.3 is 0 Å². The van der Waals surface area contributed by atoms with Gasteiger partial charge in [0.05, 0.1) is 0 Å². The predicted molar refractivity (Wildman–Crippen MR) is 177 cm³/mol. The summed E-state index contributed by atoms with van der Waals surface area (Å²) >= 11 is 0. The normalized spacial score (nSPS) is 12.9. The Morgan fingerprint density at radius 3 is 1.00 bits per heavy atom. The second-order valence-electron chi connectivity index (χ2n) is 12.6. The SMILES string of the molecule is C[N+](C)=C1C=CC(=C(c2ccccc2)c2ccc([B-](c3c(F)c(F)c(F)c(F)c3F)(c3c(F)c(F)c(F)c(F)c3F)c3c(F)c(F)c(F)c(F)c3F)cc2)C=C1. The molecule has 0 bridgehead atoms. The highest BCUT2D eigenvalue weighted by Crippen LogP contribution is 2.32. The average Bonchev–Trinajstić information content (AvgIpc) is 3.20. The summed E-state index contributed by atoms with van der Waals surface area (Å²) in [5.41, 5.74) is -7.61. The molecule has 1 nitrogen and oxygen atoms in total. The molecule has 0 unspecified atom stereocenters. The second kappa shape index (κ2) is 14.6. The van der Waals surface area contributed by atoms with Crippen molar-refractivity contribution in [3.8, 4) is 0 Å². The molecular formula is C39H19BF15N. The largest absolute Gasteiger partial charge is 0.235 e. The van der Waals surface area contributed by atoms with E-state index in [-0.39, 0.29) is 5.56 Å². The van der Waals surface area contributed by atoms with E-state index in [9.17, 15) is 13.2 Å². The summed E-state index contributed by atoms with van der Waals surface area (Å²) in [6.45, 7) is 0. The van der Waals surface area contributed by atoms with Crippen LogP contribution in [-0.4, -0.2) is 30.5 Å². The van der Waals surface area contributed by atoms with Crippen molar-refractivity contribution in [1.82, 2.24) is 0 Å². The lowest BCUT2D eigenvalue weighted by Crippen LogP contribution is -2.79. The van der Waals surface area contributed by atoms with Crippen molar-refractivity contribution in [3.05, 3.63) is 183 Å². The second-order valence-corrected chi connectivity index (χ2v) is 12.6. The number of benzene rings is 5. The molecule has 0 atom stereocenters. The maximum atomic E-state index is 16.1. The van der Waals surface area contributed by atoms with Gasteiger partial charge in [-0.25, -0.2) is 70.4 Å². The molecule has 5 aromatic rings. The Morgan fingerprint density at radius 1 is 0.375 bits per heavy atom. The summed E-state index contributed by atoms with van der Waals surface area (Å²) in [5, 5.41) is 0. The summed E-state index contributed by atoms with van der Waals surface area (Å²) in [6, 6.07) is 10.8. The minimum atomic E-state index is -5.90. The minimum absolute atomic E-state index is 0.0366. The number of allylic oxidation sites excluding steroid dienone is 5. The minimum Gasteiger partial charge on any atom is -0.235 e. The zero-order chi connectivity index (χ0) is 41.1. The molecule has 6 rings (SSSR count). The van der Waals surface area contributed by atoms with Crippen LogP contribution in [0.5, 0.6) is 0 Å². The molecule has 288 valence electrons. The van der Waals surface area contributed by atoms with Gasteiger partial charge in [0.15, 0.2) is 58.1 Å². The quantitative estimate of drug-likeness (QED) is 0.0543. The van der Waals surface area contributed by atoms with Gasteiger partial charge < -0.3 is 0 Å². The topological polar surface area (TPSA) is 3.01 Å². The third kappa shape index (κ3) is 5.91. The molecule has 1 aliphatic carbocycles. The Balaban J connectivity index is 1.86. The van der Waals surface area contributed by atoms with E-state index in [1.165, 1.54) is 0 Å². The monoisotopic (exact) mass is 797 g/mol. The number of halogens is 15. The first-order valence-corrected chi connectivity index (χ1v) is 15.9. The summed E-state index contributed by atoms with van der Waals surface area (Å²) < 4.78 is 231. The average molecular weight is 797 g/mol. The molecule has 0 aromatic heterocycles. The highest BCUT2D eigenvalue weighted by molar-refractivity contribution is 7.20. The highest BCUT2D eigenvalue weighted by Gasteiger charge is 2.49. The molecule has 1 aliphatic rings. The van der Waals surface area contributed by atoms with Gasteiger partial charge in [-0.1, -0.05) is 54.6 Å². The smallest absolute Gasteiger partial charge is 0.200 e. The standard InChI is InChI=1S/C39H19BF15N/c1-56(2)20-14-10-18(11-15-20)21(16-6-4-3-5-7-16)17-8-12-19(13-9-17)40(22-25(41)31(47)37(53)32(48)26(22)42,23-27(43)33(49)38(54)34(50)28(23)44)24-29(45)35(51)39(55)36(52)30(24)46/h3-15H,1-2H3. The number of rotatable bonds is 6. The van der Waals surface area contributed by atoms with Crippen LogP contribution in [0, 0.1) is 87.3 Å².